The molecule has 0 aliphatic heterocycles. The van der Waals surface area contributed by atoms with Gasteiger partial charge in [0.15, 0.2) is 11.6 Å². The van der Waals surface area contributed by atoms with Crippen molar-refractivity contribution in [3.05, 3.63) is 80.8 Å². The number of hydrogen-bond donors (Lipinski definition) is 2. The fraction of sp³-hybridized carbons (Fsp3) is 0.214. The number of aryl methyl sites for hydroxylation is 2. The Labute approximate surface area is 230 Å². The van der Waals surface area contributed by atoms with E-state index in [1.165, 1.54) is 38.5 Å². The number of carbonyl (C=O) groups excluding carboxylic acids is 4. The summed E-state index contributed by atoms with van der Waals surface area (Å²) < 4.78 is 10.5. The van der Waals surface area contributed by atoms with Gasteiger partial charge in [0, 0.05) is 33.3 Å². The van der Waals surface area contributed by atoms with Gasteiger partial charge in [-0.3, -0.25) is 19.2 Å². The van der Waals surface area contributed by atoms with Crippen molar-refractivity contribution in [1.82, 2.24) is 0 Å². The molecule has 0 atom stereocenters. The number of amides is 2. The Bertz CT molecular complexity index is 1300. The average Bonchev–Trinajstić information content (AvgIpc) is 2.87. The van der Waals surface area contributed by atoms with Crippen molar-refractivity contribution in [2.75, 3.05) is 24.9 Å². The molecule has 2 N–H and O–H groups in total. The van der Waals surface area contributed by atoms with E-state index in [0.29, 0.717) is 32.9 Å². The lowest BCUT2D eigenvalue weighted by Gasteiger charge is -2.12. The summed E-state index contributed by atoms with van der Waals surface area (Å²) in [6.45, 7) is 3.56. The molecule has 0 saturated heterocycles. The highest BCUT2D eigenvalue weighted by atomic mass is 35.5. The van der Waals surface area contributed by atoms with Crippen molar-refractivity contribution in [1.29, 1.82) is 0 Å². The molecule has 3 aromatic carbocycles. The van der Waals surface area contributed by atoms with E-state index < -0.39 is 36.2 Å². The largest absolute Gasteiger partial charge is 0.495 e. The standard InChI is InChI=1S/C28H26Cl2N2O6/c1-15-9-21(25(37-3)11-19(15)29)31-27(35)13-23(33)17-5-7-18(8-6-17)24(34)14-28(36)32-22-10-16(2)20(30)12-26(22)38-4/h5-12H,13-14H2,1-4H3,(H,31,35)(H,32,36). The summed E-state index contributed by atoms with van der Waals surface area (Å²) in [6.07, 6.45) is -0.828. The third kappa shape index (κ3) is 7.12. The van der Waals surface area contributed by atoms with E-state index >= 15 is 0 Å². The van der Waals surface area contributed by atoms with Gasteiger partial charge in [-0.25, -0.2) is 0 Å². The fourth-order valence-corrected chi connectivity index (χ4v) is 3.89. The number of nitrogens with one attached hydrogen (secondary N) is 2. The maximum absolute atomic E-state index is 12.6. The van der Waals surface area contributed by atoms with Gasteiger partial charge >= 0.3 is 0 Å². The van der Waals surface area contributed by atoms with Gasteiger partial charge < -0.3 is 20.1 Å². The number of benzene rings is 3. The van der Waals surface area contributed by atoms with Gasteiger partial charge in [-0.1, -0.05) is 47.5 Å². The van der Waals surface area contributed by atoms with Crippen molar-refractivity contribution in [2.24, 2.45) is 0 Å². The van der Waals surface area contributed by atoms with E-state index in [4.69, 9.17) is 32.7 Å². The minimum absolute atomic E-state index is 0.252. The van der Waals surface area contributed by atoms with Gasteiger partial charge in [0.1, 0.15) is 11.5 Å². The normalized spacial score (nSPS) is 10.5. The van der Waals surface area contributed by atoms with E-state index in [0.717, 1.165) is 11.1 Å². The van der Waals surface area contributed by atoms with Gasteiger partial charge in [0.2, 0.25) is 11.8 Å². The first-order valence-corrected chi connectivity index (χ1v) is 12.2. The highest BCUT2D eigenvalue weighted by molar-refractivity contribution is 6.32. The monoisotopic (exact) mass is 556 g/mol. The fourth-order valence-electron chi connectivity index (χ4n) is 3.59. The Morgan fingerprint density at radius 1 is 0.658 bits per heavy atom. The zero-order chi connectivity index (χ0) is 28.0. The predicted molar refractivity (Wildman–Crippen MR) is 147 cm³/mol. The van der Waals surface area contributed by atoms with Gasteiger partial charge in [-0.15, -0.1) is 0 Å². The van der Waals surface area contributed by atoms with E-state index in [1.54, 1.807) is 38.1 Å². The second kappa shape index (κ2) is 12.6. The van der Waals surface area contributed by atoms with Crippen molar-refractivity contribution >= 4 is 58.0 Å². The molecule has 38 heavy (non-hydrogen) atoms. The van der Waals surface area contributed by atoms with E-state index in [-0.39, 0.29) is 11.1 Å². The molecule has 0 fully saturated rings. The molecule has 3 aromatic rings. The molecule has 0 aliphatic rings. The molecule has 0 heterocycles. The van der Waals surface area contributed by atoms with E-state index in [9.17, 15) is 19.2 Å². The van der Waals surface area contributed by atoms with Crippen LogP contribution in [0.4, 0.5) is 11.4 Å². The van der Waals surface area contributed by atoms with Gasteiger partial charge in [-0.05, 0) is 37.1 Å². The first-order chi connectivity index (χ1) is 18.0. The number of ether oxygens (including phenoxy) is 2. The molecular weight excluding hydrogens is 531 g/mol. The number of ketones is 2. The van der Waals surface area contributed by atoms with Crippen LogP contribution in [-0.4, -0.2) is 37.6 Å². The van der Waals surface area contributed by atoms with Crippen LogP contribution >= 0.6 is 23.2 Å². The summed E-state index contributed by atoms with van der Waals surface area (Å²) in [7, 11) is 2.90. The summed E-state index contributed by atoms with van der Waals surface area (Å²) in [5.41, 5.74) is 2.79. The highest BCUT2D eigenvalue weighted by Crippen LogP contribution is 2.32. The third-order valence-corrected chi connectivity index (χ3v) is 6.50. The second-order valence-corrected chi connectivity index (χ2v) is 9.29. The van der Waals surface area contributed by atoms with Crippen molar-refractivity contribution in [3.63, 3.8) is 0 Å². The Morgan fingerprint density at radius 2 is 1.00 bits per heavy atom. The predicted octanol–water partition coefficient (Wildman–Crippen LogP) is 6.05. The van der Waals surface area contributed by atoms with Gasteiger partial charge in [-0.2, -0.15) is 0 Å². The zero-order valence-corrected chi connectivity index (χ0v) is 22.8. The molecule has 2 amide bonds. The molecule has 0 aromatic heterocycles. The van der Waals surface area contributed by atoms with Crippen LogP contribution < -0.4 is 20.1 Å². The molecule has 10 heteroatoms. The average molecular weight is 557 g/mol. The molecule has 8 nitrogen and oxygen atoms in total. The van der Waals surface area contributed by atoms with Crippen LogP contribution in [0.2, 0.25) is 10.0 Å². The Hall–Kier alpha value is -3.88. The SMILES string of the molecule is COc1cc(Cl)c(C)cc1NC(=O)CC(=O)c1ccc(C(=O)CC(=O)Nc2cc(C)c(Cl)cc2OC)cc1. The second-order valence-electron chi connectivity index (χ2n) is 8.48. The summed E-state index contributed by atoms with van der Waals surface area (Å²) >= 11 is 12.2. The van der Waals surface area contributed by atoms with Crippen molar-refractivity contribution < 1.29 is 28.7 Å². The van der Waals surface area contributed by atoms with Crippen LogP contribution in [0.3, 0.4) is 0 Å². The summed E-state index contributed by atoms with van der Waals surface area (Å²) in [5, 5.41) is 6.29. The summed E-state index contributed by atoms with van der Waals surface area (Å²) in [4.78, 5) is 50.1. The Balaban J connectivity index is 1.60. The van der Waals surface area contributed by atoms with Crippen LogP contribution in [0, 0.1) is 13.8 Å². The van der Waals surface area contributed by atoms with Crippen LogP contribution in [0.25, 0.3) is 0 Å². The van der Waals surface area contributed by atoms with E-state index in [1.807, 2.05) is 0 Å². The Morgan fingerprint density at radius 3 is 1.32 bits per heavy atom. The molecule has 0 radical (unpaired) electrons. The lowest BCUT2D eigenvalue weighted by molar-refractivity contribution is -0.116. The van der Waals surface area contributed by atoms with Gasteiger partial charge in [0.05, 0.1) is 38.4 Å². The molecule has 0 bridgehead atoms. The van der Waals surface area contributed by atoms with Crippen LogP contribution in [0.5, 0.6) is 11.5 Å². The minimum atomic E-state index is -0.528. The van der Waals surface area contributed by atoms with Gasteiger partial charge in [0.25, 0.3) is 0 Å². The lowest BCUT2D eigenvalue weighted by Crippen LogP contribution is -2.18. The summed E-state index contributed by atoms with van der Waals surface area (Å²) in [6, 6.07) is 12.3. The molecule has 0 saturated carbocycles. The maximum Gasteiger partial charge on any atom is 0.232 e. The van der Waals surface area contributed by atoms with E-state index in [2.05, 4.69) is 10.6 Å². The van der Waals surface area contributed by atoms with Crippen LogP contribution in [-0.2, 0) is 9.59 Å². The quantitative estimate of drug-likeness (QED) is 0.232. The van der Waals surface area contributed by atoms with Crippen LogP contribution in [0.1, 0.15) is 44.7 Å². The number of anilines is 2. The molecule has 0 spiro atoms. The number of methoxy groups -OCH3 is 2. The Kier molecular flexibility index (Phi) is 9.50. The molecule has 0 unspecified atom stereocenters. The topological polar surface area (TPSA) is 111 Å². The number of halogens is 2. The molecule has 198 valence electrons. The first-order valence-electron chi connectivity index (χ1n) is 11.5. The number of carbonyl (C=O) groups is 4. The maximum atomic E-state index is 12.6. The highest BCUT2D eigenvalue weighted by Gasteiger charge is 2.18. The van der Waals surface area contributed by atoms with Crippen molar-refractivity contribution in [3.8, 4) is 11.5 Å². The number of hydrogen-bond acceptors (Lipinski definition) is 6. The van der Waals surface area contributed by atoms with Crippen molar-refractivity contribution in [2.45, 2.75) is 26.7 Å². The smallest absolute Gasteiger partial charge is 0.232 e. The minimum Gasteiger partial charge on any atom is -0.495 e. The van der Waals surface area contributed by atoms with Crippen LogP contribution in [0.15, 0.2) is 48.5 Å². The number of rotatable bonds is 10. The molecule has 3 rings (SSSR count). The zero-order valence-electron chi connectivity index (χ0n) is 21.2. The lowest BCUT2D eigenvalue weighted by atomic mass is 10.0. The third-order valence-electron chi connectivity index (χ3n) is 5.68. The first kappa shape index (κ1) is 28.7. The summed E-state index contributed by atoms with van der Waals surface area (Å²) in [5.74, 6) is -1.18. The molecule has 0 aliphatic carbocycles. The number of Topliss-reactive ketones (excluding diaryl/α,β-unsaturated/α-hetero) is 2. The molecular formula is C28H26Cl2N2O6.